The fourth-order valence-corrected chi connectivity index (χ4v) is 0.972. The van der Waals surface area contributed by atoms with E-state index in [-0.39, 0.29) is 6.07 Å². The highest BCUT2D eigenvalue weighted by Crippen LogP contribution is 2.36. The summed E-state index contributed by atoms with van der Waals surface area (Å²) in [5, 5.41) is 0. The maximum Gasteiger partial charge on any atom is 0.416 e. The number of halogens is 6. The van der Waals surface area contributed by atoms with E-state index < -0.39 is 29.5 Å². The zero-order valence-corrected chi connectivity index (χ0v) is 6.58. The molecular formula is C8H4F6. The lowest BCUT2D eigenvalue weighted by Gasteiger charge is -2.11. The van der Waals surface area contributed by atoms with Crippen LogP contribution in [-0.4, -0.2) is 0 Å². The maximum atomic E-state index is 12.4. The van der Waals surface area contributed by atoms with Gasteiger partial charge in [-0.15, -0.1) is 0 Å². The summed E-state index contributed by atoms with van der Waals surface area (Å²) < 4.78 is 72.8. The monoisotopic (exact) mass is 214 g/mol. The first-order valence-electron chi connectivity index (χ1n) is 3.47. The minimum Gasteiger partial charge on any atom is -0.207 e. The van der Waals surface area contributed by atoms with Gasteiger partial charge in [0, 0.05) is 5.56 Å². The molecule has 0 aliphatic heterocycles. The van der Waals surface area contributed by atoms with Gasteiger partial charge in [0.05, 0.1) is 5.56 Å². The molecule has 14 heavy (non-hydrogen) atoms. The van der Waals surface area contributed by atoms with Crippen LogP contribution >= 0.6 is 0 Å². The van der Waals surface area contributed by atoms with Crippen LogP contribution in [-0.2, 0) is 6.18 Å². The van der Waals surface area contributed by atoms with Crippen molar-refractivity contribution in [3.8, 4) is 0 Å². The highest BCUT2D eigenvalue weighted by Gasteiger charge is 2.35. The smallest absolute Gasteiger partial charge is 0.207 e. The SMILES string of the molecule is Fc1ccc(C(F)(F)F)c(C(F)F)c1. The van der Waals surface area contributed by atoms with Crippen molar-refractivity contribution in [2.45, 2.75) is 12.6 Å². The molecule has 0 N–H and O–H groups in total. The molecule has 1 aromatic rings. The van der Waals surface area contributed by atoms with Crippen LogP contribution in [0.5, 0.6) is 0 Å². The summed E-state index contributed by atoms with van der Waals surface area (Å²) in [5.74, 6) is -1.12. The number of hydrogen-bond donors (Lipinski definition) is 0. The van der Waals surface area contributed by atoms with Crippen LogP contribution in [0, 0.1) is 5.82 Å². The minimum absolute atomic E-state index is 0.188. The second-order valence-electron chi connectivity index (χ2n) is 2.53. The summed E-state index contributed by atoms with van der Waals surface area (Å²) in [6.45, 7) is 0. The summed E-state index contributed by atoms with van der Waals surface area (Å²) in [6, 6.07) is 0.985. The Morgan fingerprint density at radius 3 is 2.07 bits per heavy atom. The standard InChI is InChI=1S/C8H4F6/c9-4-1-2-6(8(12,13)14)5(3-4)7(10)11/h1-3,7H. The Balaban J connectivity index is 3.29. The van der Waals surface area contributed by atoms with E-state index in [1.165, 1.54) is 0 Å². The molecule has 0 heterocycles. The van der Waals surface area contributed by atoms with Gasteiger partial charge in [0.25, 0.3) is 6.43 Å². The topological polar surface area (TPSA) is 0 Å². The van der Waals surface area contributed by atoms with Gasteiger partial charge in [-0.3, -0.25) is 0 Å². The summed E-state index contributed by atoms with van der Waals surface area (Å²) >= 11 is 0. The van der Waals surface area contributed by atoms with Crippen LogP contribution in [0.15, 0.2) is 18.2 Å². The van der Waals surface area contributed by atoms with E-state index >= 15 is 0 Å². The van der Waals surface area contributed by atoms with Crippen molar-refractivity contribution in [3.63, 3.8) is 0 Å². The van der Waals surface area contributed by atoms with Crippen molar-refractivity contribution in [2.24, 2.45) is 0 Å². The van der Waals surface area contributed by atoms with Crippen LogP contribution in [0.3, 0.4) is 0 Å². The molecule has 0 aromatic heterocycles. The van der Waals surface area contributed by atoms with Gasteiger partial charge in [-0.05, 0) is 18.2 Å². The number of hydrogen-bond acceptors (Lipinski definition) is 0. The van der Waals surface area contributed by atoms with Crippen molar-refractivity contribution in [1.82, 2.24) is 0 Å². The number of rotatable bonds is 1. The first-order valence-corrected chi connectivity index (χ1v) is 3.47. The molecule has 0 saturated carbocycles. The largest absolute Gasteiger partial charge is 0.416 e. The van der Waals surface area contributed by atoms with E-state index in [1.54, 1.807) is 0 Å². The molecular weight excluding hydrogens is 210 g/mol. The van der Waals surface area contributed by atoms with E-state index in [4.69, 9.17) is 0 Å². The quantitative estimate of drug-likeness (QED) is 0.624. The third-order valence-corrected chi connectivity index (χ3v) is 1.55. The van der Waals surface area contributed by atoms with Crippen molar-refractivity contribution in [2.75, 3.05) is 0 Å². The first kappa shape index (κ1) is 10.9. The van der Waals surface area contributed by atoms with Crippen molar-refractivity contribution in [1.29, 1.82) is 0 Å². The zero-order valence-electron chi connectivity index (χ0n) is 6.58. The first-order chi connectivity index (χ1) is 6.32. The summed E-state index contributed by atoms with van der Waals surface area (Å²) in [6.07, 6.45) is -8.23. The normalized spacial score (nSPS) is 12.2. The van der Waals surface area contributed by atoms with Gasteiger partial charge in [0.1, 0.15) is 5.82 Å². The van der Waals surface area contributed by atoms with E-state index in [1.807, 2.05) is 0 Å². The Hall–Kier alpha value is -1.20. The third kappa shape index (κ3) is 2.18. The Labute approximate surface area is 75.2 Å². The van der Waals surface area contributed by atoms with Crippen LogP contribution in [0.1, 0.15) is 17.6 Å². The van der Waals surface area contributed by atoms with Gasteiger partial charge in [0.15, 0.2) is 0 Å². The zero-order chi connectivity index (χ0) is 10.9. The average molecular weight is 214 g/mol. The Morgan fingerprint density at radius 2 is 1.64 bits per heavy atom. The maximum absolute atomic E-state index is 12.4. The lowest BCUT2D eigenvalue weighted by atomic mass is 10.1. The molecule has 0 unspecified atom stereocenters. The molecule has 0 fully saturated rings. The molecule has 0 amide bonds. The molecule has 0 saturated heterocycles. The van der Waals surface area contributed by atoms with Gasteiger partial charge in [-0.2, -0.15) is 13.2 Å². The second-order valence-corrected chi connectivity index (χ2v) is 2.53. The molecule has 0 spiro atoms. The molecule has 1 aromatic carbocycles. The van der Waals surface area contributed by atoms with E-state index in [0.29, 0.717) is 12.1 Å². The van der Waals surface area contributed by atoms with Crippen molar-refractivity contribution in [3.05, 3.63) is 35.1 Å². The Kier molecular flexibility index (Phi) is 2.73. The van der Waals surface area contributed by atoms with Crippen LogP contribution < -0.4 is 0 Å². The van der Waals surface area contributed by atoms with E-state index in [9.17, 15) is 26.3 Å². The molecule has 0 radical (unpaired) electrons. The van der Waals surface area contributed by atoms with E-state index in [2.05, 4.69) is 0 Å². The van der Waals surface area contributed by atoms with E-state index in [0.717, 1.165) is 0 Å². The highest BCUT2D eigenvalue weighted by atomic mass is 19.4. The molecule has 0 aliphatic rings. The van der Waals surface area contributed by atoms with Crippen molar-refractivity contribution < 1.29 is 26.3 Å². The van der Waals surface area contributed by atoms with Gasteiger partial charge in [-0.25, -0.2) is 13.2 Å². The molecule has 0 nitrogen and oxygen atoms in total. The summed E-state index contributed by atoms with van der Waals surface area (Å²) in [5.41, 5.74) is -2.84. The minimum atomic E-state index is -4.89. The molecule has 0 aliphatic carbocycles. The highest BCUT2D eigenvalue weighted by molar-refractivity contribution is 5.31. The predicted molar refractivity (Wildman–Crippen MR) is 36.4 cm³/mol. The van der Waals surface area contributed by atoms with Crippen molar-refractivity contribution >= 4 is 0 Å². The number of benzene rings is 1. The molecule has 0 atom stereocenters. The molecule has 1 rings (SSSR count). The molecule has 0 bridgehead atoms. The van der Waals surface area contributed by atoms with Crippen LogP contribution in [0.2, 0.25) is 0 Å². The fraction of sp³-hybridized carbons (Fsp3) is 0.250. The Morgan fingerprint density at radius 1 is 1.07 bits per heavy atom. The summed E-state index contributed by atoms with van der Waals surface area (Å²) in [4.78, 5) is 0. The van der Waals surface area contributed by atoms with Gasteiger partial charge >= 0.3 is 6.18 Å². The average Bonchev–Trinajstić information content (AvgIpc) is 2.01. The Bertz CT molecular complexity index is 327. The van der Waals surface area contributed by atoms with Gasteiger partial charge < -0.3 is 0 Å². The molecule has 6 heteroatoms. The second kappa shape index (κ2) is 3.51. The molecule has 78 valence electrons. The fourth-order valence-electron chi connectivity index (χ4n) is 0.972. The van der Waals surface area contributed by atoms with Gasteiger partial charge in [-0.1, -0.05) is 0 Å². The van der Waals surface area contributed by atoms with Gasteiger partial charge in [0.2, 0.25) is 0 Å². The van der Waals surface area contributed by atoms with Crippen LogP contribution in [0.4, 0.5) is 26.3 Å². The number of alkyl halides is 5. The lowest BCUT2D eigenvalue weighted by molar-refractivity contribution is -0.139. The lowest BCUT2D eigenvalue weighted by Crippen LogP contribution is -2.09. The van der Waals surface area contributed by atoms with Crippen LogP contribution in [0.25, 0.3) is 0 Å². The summed E-state index contributed by atoms with van der Waals surface area (Å²) in [7, 11) is 0. The third-order valence-electron chi connectivity index (χ3n) is 1.55. The predicted octanol–water partition coefficient (Wildman–Crippen LogP) is 3.78.